The van der Waals surface area contributed by atoms with Crippen LogP contribution in [0.15, 0.2) is 315 Å². The molecule has 2 atom stereocenters. The Hall–Kier alpha value is -10.8. The van der Waals surface area contributed by atoms with Crippen molar-refractivity contribution in [2.45, 2.75) is 44.4 Å². The Morgan fingerprint density at radius 1 is 0.300 bits per heavy atom. The quantitative estimate of drug-likeness (QED) is 0.126. The lowest BCUT2D eigenvalue weighted by atomic mass is 9.73. The van der Waals surface area contributed by atoms with Gasteiger partial charge in [0.15, 0.2) is 0 Å². The monoisotopic (exact) mass is 1150 g/mol. The summed E-state index contributed by atoms with van der Waals surface area (Å²) >= 11 is 0. The van der Waals surface area contributed by atoms with Crippen molar-refractivity contribution in [1.29, 1.82) is 0 Å². The van der Waals surface area contributed by atoms with Gasteiger partial charge in [0, 0.05) is 45.5 Å². The van der Waals surface area contributed by atoms with E-state index in [1.165, 1.54) is 121 Å². The fourth-order valence-electron chi connectivity index (χ4n) is 15.9. The van der Waals surface area contributed by atoms with Crippen LogP contribution in [0.3, 0.4) is 0 Å². The van der Waals surface area contributed by atoms with Gasteiger partial charge < -0.3 is 9.80 Å². The summed E-state index contributed by atoms with van der Waals surface area (Å²) in [6.07, 6.45) is 7.35. The molecule has 3 aliphatic carbocycles. The van der Waals surface area contributed by atoms with Gasteiger partial charge in [0.25, 0.3) is 0 Å². The van der Waals surface area contributed by atoms with Gasteiger partial charge in [-0.2, -0.15) is 0 Å². The summed E-state index contributed by atoms with van der Waals surface area (Å²) in [5.74, 6) is 0.780. The molecule has 17 rings (SSSR count). The van der Waals surface area contributed by atoms with E-state index in [0.29, 0.717) is 11.8 Å². The van der Waals surface area contributed by atoms with Crippen LogP contribution in [-0.4, -0.2) is 0 Å². The third kappa shape index (κ3) is 8.53. The average molecular weight is 1150 g/mol. The standard InChI is InChI=1S/C88H66N2/c1-87(2)81-35-17-15-31-71(81)73-49-41-61(53-83(73)87)57-37-43-65(44-38-57)89(63-25-7-5-8-26-63)67-47-51-77-79(55-67)85(75-33-19-23-59-21-11-13-29-69(59)75)78-52-48-68(56-80(78)86(77)76-34-20-24-60-22-12-14-30-70(60)76)90(64-27-9-6-10-28-64)66-45-39-58(40-46-66)62-42-50-74-72-32-16-18-36-82(72)88(3,4)84(74)54-62/h5-56,73,83H,1-4H3. The Labute approximate surface area is 527 Å². The van der Waals surface area contributed by atoms with E-state index < -0.39 is 0 Å². The molecule has 2 heteroatoms. The molecule has 14 aromatic rings. The van der Waals surface area contributed by atoms with Gasteiger partial charge in [0.05, 0.1) is 0 Å². The molecule has 0 spiro atoms. The summed E-state index contributed by atoms with van der Waals surface area (Å²) in [4.78, 5) is 4.87. The molecule has 0 N–H and O–H groups in total. The van der Waals surface area contributed by atoms with Crippen molar-refractivity contribution in [3.63, 3.8) is 0 Å². The number of allylic oxidation sites excluding steroid dienone is 4. The first-order valence-corrected chi connectivity index (χ1v) is 31.8. The Kier molecular flexibility index (Phi) is 12.4. The summed E-state index contributed by atoms with van der Waals surface area (Å²) in [7, 11) is 0. The molecule has 0 radical (unpaired) electrons. The van der Waals surface area contributed by atoms with Gasteiger partial charge in [0.2, 0.25) is 0 Å². The van der Waals surface area contributed by atoms with Crippen LogP contribution in [0.4, 0.5) is 34.1 Å². The van der Waals surface area contributed by atoms with E-state index in [2.05, 4.69) is 353 Å². The number of rotatable bonds is 10. The van der Waals surface area contributed by atoms with E-state index in [1.54, 1.807) is 0 Å². The highest BCUT2D eigenvalue weighted by molar-refractivity contribution is 6.26. The number of benzene rings is 14. The van der Waals surface area contributed by atoms with Crippen molar-refractivity contribution in [1.82, 2.24) is 0 Å². The Balaban J connectivity index is 0.853. The summed E-state index contributed by atoms with van der Waals surface area (Å²) < 4.78 is 0. The molecule has 3 aliphatic rings. The minimum Gasteiger partial charge on any atom is -0.310 e. The van der Waals surface area contributed by atoms with Crippen LogP contribution in [0.1, 0.15) is 61.4 Å². The second-order valence-corrected chi connectivity index (χ2v) is 26.0. The first-order valence-electron chi connectivity index (χ1n) is 31.8. The van der Waals surface area contributed by atoms with Crippen molar-refractivity contribution in [3.05, 3.63) is 343 Å². The van der Waals surface area contributed by atoms with Crippen LogP contribution >= 0.6 is 0 Å². The molecule has 2 nitrogen and oxygen atoms in total. The highest BCUT2D eigenvalue weighted by Crippen LogP contribution is 2.56. The van der Waals surface area contributed by atoms with Gasteiger partial charge in [0.1, 0.15) is 0 Å². The van der Waals surface area contributed by atoms with Crippen molar-refractivity contribution >= 4 is 82.8 Å². The summed E-state index contributed by atoms with van der Waals surface area (Å²) in [6, 6.07) is 111. The van der Waals surface area contributed by atoms with Gasteiger partial charge in [-0.05, 0) is 211 Å². The highest BCUT2D eigenvalue weighted by Gasteiger charge is 2.45. The first kappa shape index (κ1) is 53.4. The Morgan fingerprint density at radius 3 is 1.33 bits per heavy atom. The van der Waals surface area contributed by atoms with E-state index in [9.17, 15) is 0 Å². The molecule has 428 valence electrons. The molecule has 0 saturated heterocycles. The maximum absolute atomic E-state index is 2.54. The van der Waals surface area contributed by atoms with Crippen LogP contribution in [0, 0.1) is 5.92 Å². The number of anilines is 6. The largest absolute Gasteiger partial charge is 0.310 e. The van der Waals surface area contributed by atoms with E-state index in [4.69, 9.17) is 0 Å². The fraction of sp³-hybridized carbons (Fsp3) is 0.0909. The lowest BCUT2D eigenvalue weighted by Gasteiger charge is -2.31. The number of para-hydroxylation sites is 2. The van der Waals surface area contributed by atoms with Crippen LogP contribution in [-0.2, 0) is 10.8 Å². The van der Waals surface area contributed by atoms with E-state index >= 15 is 0 Å². The third-order valence-electron chi connectivity index (χ3n) is 20.3. The minimum absolute atomic E-state index is 0.0376. The zero-order chi connectivity index (χ0) is 60.2. The Bertz CT molecular complexity index is 5230. The topological polar surface area (TPSA) is 6.48 Å². The van der Waals surface area contributed by atoms with Crippen molar-refractivity contribution in [2.24, 2.45) is 5.92 Å². The van der Waals surface area contributed by atoms with Gasteiger partial charge in [-0.3, -0.25) is 0 Å². The zero-order valence-electron chi connectivity index (χ0n) is 51.1. The van der Waals surface area contributed by atoms with Crippen LogP contribution < -0.4 is 9.80 Å². The number of hydrogen-bond acceptors (Lipinski definition) is 2. The van der Waals surface area contributed by atoms with Gasteiger partial charge >= 0.3 is 0 Å². The lowest BCUT2D eigenvalue weighted by Crippen LogP contribution is -2.25. The smallest absolute Gasteiger partial charge is 0.0468 e. The van der Waals surface area contributed by atoms with Crippen molar-refractivity contribution in [2.75, 3.05) is 9.80 Å². The molecule has 0 bridgehead atoms. The molecule has 0 aromatic heterocycles. The molecule has 2 unspecified atom stereocenters. The number of hydrogen-bond donors (Lipinski definition) is 0. The van der Waals surface area contributed by atoms with Gasteiger partial charge in [-0.15, -0.1) is 0 Å². The predicted octanol–water partition coefficient (Wildman–Crippen LogP) is 24.2. The molecular formula is C88H66N2. The SMILES string of the molecule is CC1(C)c2ccccc2-c2ccc(-c3ccc(N(c4ccccc4)c4ccc5c(-c6cccc7ccccc67)c6cc(N(c7ccccc7)c7ccc(C8=CC9C(C=C8)c8ccccc8C9(C)C)cc7)ccc6c(-c6cccc7ccccc67)c5c4)cc3)cc21. The molecule has 0 fully saturated rings. The second kappa shape index (κ2) is 20.9. The highest BCUT2D eigenvalue weighted by atomic mass is 15.1. The normalized spacial score (nSPS) is 15.8. The minimum atomic E-state index is -0.0818. The third-order valence-corrected chi connectivity index (χ3v) is 20.3. The molecule has 90 heavy (non-hydrogen) atoms. The second-order valence-electron chi connectivity index (χ2n) is 26.0. The van der Waals surface area contributed by atoms with Crippen LogP contribution in [0.5, 0.6) is 0 Å². The molecule has 0 aliphatic heterocycles. The lowest BCUT2D eigenvalue weighted by molar-refractivity contribution is 0.395. The number of nitrogens with zero attached hydrogens (tertiary/aromatic N) is 2. The summed E-state index contributed by atoms with van der Waals surface area (Å²) in [6.45, 7) is 9.55. The molecular weight excluding hydrogens is 1080 g/mol. The van der Waals surface area contributed by atoms with Crippen molar-refractivity contribution < 1.29 is 0 Å². The van der Waals surface area contributed by atoms with Gasteiger partial charge in [-0.1, -0.05) is 264 Å². The van der Waals surface area contributed by atoms with E-state index in [0.717, 1.165) is 34.1 Å². The summed E-state index contributed by atoms with van der Waals surface area (Å²) in [5, 5.41) is 9.60. The van der Waals surface area contributed by atoms with E-state index in [1.807, 2.05) is 0 Å². The van der Waals surface area contributed by atoms with Crippen LogP contribution in [0.2, 0.25) is 0 Å². The molecule has 0 heterocycles. The van der Waals surface area contributed by atoms with Crippen molar-refractivity contribution in [3.8, 4) is 44.5 Å². The fourth-order valence-corrected chi connectivity index (χ4v) is 15.9. The zero-order valence-corrected chi connectivity index (χ0v) is 51.1. The Morgan fingerprint density at radius 2 is 0.744 bits per heavy atom. The molecule has 0 saturated carbocycles. The molecule has 0 amide bonds. The summed E-state index contributed by atoms with van der Waals surface area (Å²) in [5.41, 5.74) is 24.6. The maximum atomic E-state index is 2.54. The van der Waals surface area contributed by atoms with Gasteiger partial charge in [-0.25, -0.2) is 0 Å². The molecule has 14 aromatic carbocycles. The first-order chi connectivity index (χ1) is 44.2. The average Bonchev–Trinajstić information content (AvgIpc) is 1.06. The predicted molar refractivity (Wildman–Crippen MR) is 383 cm³/mol. The maximum Gasteiger partial charge on any atom is 0.0468 e. The van der Waals surface area contributed by atoms with Crippen LogP contribution in [0.25, 0.3) is 93.2 Å². The number of fused-ring (bicyclic) bond motifs is 10. The van der Waals surface area contributed by atoms with E-state index in [-0.39, 0.29) is 10.8 Å².